The number of carbonyl (C=O) groups excluding carboxylic acids is 2. The van der Waals surface area contributed by atoms with Crippen LogP contribution in [0.3, 0.4) is 0 Å². The highest BCUT2D eigenvalue weighted by Crippen LogP contribution is 2.37. The zero-order valence-corrected chi connectivity index (χ0v) is 21.4. The maximum absolute atomic E-state index is 13.1. The number of ketones is 1. The molecule has 1 aliphatic carbocycles. The smallest absolute Gasteiger partial charge is 0.243 e. The lowest BCUT2D eigenvalue weighted by atomic mass is 9.72. The summed E-state index contributed by atoms with van der Waals surface area (Å²) in [4.78, 5) is 27.5. The first-order chi connectivity index (χ1) is 14.7. The number of rotatable bonds is 2. The molecule has 1 aromatic carbocycles. The fourth-order valence-corrected chi connectivity index (χ4v) is 4.87. The Morgan fingerprint density at radius 1 is 0.844 bits per heavy atom. The van der Waals surface area contributed by atoms with Gasteiger partial charge in [0.1, 0.15) is 0 Å². The van der Waals surface area contributed by atoms with E-state index in [1.807, 2.05) is 74.5 Å². The summed E-state index contributed by atoms with van der Waals surface area (Å²) in [5.74, 6) is 0.399. The quantitative estimate of drug-likeness (QED) is 0.413. The van der Waals surface area contributed by atoms with Gasteiger partial charge in [-0.15, -0.1) is 10.2 Å². The number of benzene rings is 1. The van der Waals surface area contributed by atoms with Gasteiger partial charge in [-0.25, -0.2) is 0 Å². The highest BCUT2D eigenvalue weighted by molar-refractivity contribution is 8.15. The number of anilines is 1. The van der Waals surface area contributed by atoms with Gasteiger partial charge in [0.15, 0.2) is 11.0 Å². The SMILES string of the molecule is Cc1cc(C)c(N2C(=O)CS/C2=N/N=C2C=C(C(C)(C)C)C(=O)C(C(C)(C)C)=C2)c(C)c1. The Bertz CT molecular complexity index is 1050. The van der Waals surface area contributed by atoms with Crippen molar-refractivity contribution < 1.29 is 9.59 Å². The molecule has 0 radical (unpaired) electrons. The van der Waals surface area contributed by atoms with Crippen molar-refractivity contribution in [2.45, 2.75) is 62.3 Å². The second-order valence-corrected chi connectivity index (χ2v) is 11.6. The van der Waals surface area contributed by atoms with Crippen LogP contribution in [0.5, 0.6) is 0 Å². The monoisotopic (exact) mass is 451 g/mol. The molecule has 0 spiro atoms. The number of amides is 1. The van der Waals surface area contributed by atoms with Crippen LogP contribution in [-0.4, -0.2) is 28.3 Å². The first-order valence-corrected chi connectivity index (χ1v) is 11.9. The van der Waals surface area contributed by atoms with Gasteiger partial charge < -0.3 is 0 Å². The summed E-state index contributed by atoms with van der Waals surface area (Å²) in [7, 11) is 0. The second-order valence-electron chi connectivity index (χ2n) is 10.6. The number of Topliss-reactive ketones (excluding diaryl/α,β-unsaturated/α-hetero) is 1. The van der Waals surface area contributed by atoms with Crippen molar-refractivity contribution in [1.29, 1.82) is 0 Å². The number of thioether (sulfide) groups is 1. The number of hydrogen-bond donors (Lipinski definition) is 0. The van der Waals surface area contributed by atoms with Crippen molar-refractivity contribution in [3.8, 4) is 0 Å². The van der Waals surface area contributed by atoms with Crippen LogP contribution >= 0.6 is 11.8 Å². The van der Waals surface area contributed by atoms with Gasteiger partial charge >= 0.3 is 0 Å². The lowest BCUT2D eigenvalue weighted by molar-refractivity contribution is -0.115. The Morgan fingerprint density at radius 3 is 1.81 bits per heavy atom. The van der Waals surface area contributed by atoms with Crippen LogP contribution in [0.15, 0.2) is 45.6 Å². The molecule has 0 N–H and O–H groups in total. The molecule has 1 saturated heterocycles. The molecule has 170 valence electrons. The fourth-order valence-electron chi connectivity index (χ4n) is 4.07. The maximum Gasteiger partial charge on any atom is 0.243 e. The lowest BCUT2D eigenvalue weighted by Crippen LogP contribution is -2.31. The molecule has 2 aliphatic rings. The molecule has 0 saturated carbocycles. The molecule has 1 heterocycles. The van der Waals surface area contributed by atoms with Gasteiger partial charge in [0.2, 0.25) is 5.91 Å². The lowest BCUT2D eigenvalue weighted by Gasteiger charge is -2.30. The summed E-state index contributed by atoms with van der Waals surface area (Å²) in [5.41, 5.74) is 5.56. The van der Waals surface area contributed by atoms with Crippen molar-refractivity contribution in [3.05, 3.63) is 52.1 Å². The summed E-state index contributed by atoms with van der Waals surface area (Å²) < 4.78 is 0. The number of aryl methyl sites for hydroxylation is 3. The number of hydrogen-bond acceptors (Lipinski definition) is 5. The number of amidine groups is 1. The Morgan fingerprint density at radius 2 is 1.34 bits per heavy atom. The van der Waals surface area contributed by atoms with Gasteiger partial charge in [0.25, 0.3) is 0 Å². The molecule has 0 unspecified atom stereocenters. The highest BCUT2D eigenvalue weighted by Gasteiger charge is 2.35. The fraction of sp³-hybridized carbons (Fsp3) is 0.462. The van der Waals surface area contributed by atoms with Crippen molar-refractivity contribution in [2.75, 3.05) is 10.7 Å². The maximum atomic E-state index is 13.1. The summed E-state index contributed by atoms with van der Waals surface area (Å²) in [6.07, 6.45) is 3.66. The van der Waals surface area contributed by atoms with Gasteiger partial charge in [-0.2, -0.15) is 0 Å². The van der Waals surface area contributed by atoms with Crippen LogP contribution in [0.25, 0.3) is 0 Å². The van der Waals surface area contributed by atoms with Crippen molar-refractivity contribution in [1.82, 2.24) is 0 Å². The highest BCUT2D eigenvalue weighted by atomic mass is 32.2. The van der Waals surface area contributed by atoms with Crippen LogP contribution in [0.4, 0.5) is 5.69 Å². The summed E-state index contributed by atoms with van der Waals surface area (Å²) in [5, 5.41) is 9.55. The molecule has 0 bridgehead atoms. The third-order valence-corrected chi connectivity index (χ3v) is 6.48. The zero-order chi connectivity index (χ0) is 24.0. The predicted octanol–water partition coefficient (Wildman–Crippen LogP) is 5.93. The number of carbonyl (C=O) groups is 2. The molecule has 3 rings (SSSR count). The Labute approximate surface area is 195 Å². The van der Waals surface area contributed by atoms with E-state index in [2.05, 4.69) is 22.3 Å². The molecule has 6 heteroatoms. The number of allylic oxidation sites excluding steroid dienone is 4. The molecule has 0 aromatic heterocycles. The van der Waals surface area contributed by atoms with Crippen LogP contribution in [0.2, 0.25) is 0 Å². The molecule has 1 aliphatic heterocycles. The largest absolute Gasteiger partial charge is 0.289 e. The molecule has 1 fully saturated rings. The Hall–Kier alpha value is -2.47. The summed E-state index contributed by atoms with van der Waals surface area (Å²) in [6, 6.07) is 4.15. The van der Waals surface area contributed by atoms with E-state index < -0.39 is 0 Å². The van der Waals surface area contributed by atoms with E-state index in [0.29, 0.717) is 16.6 Å². The molecule has 32 heavy (non-hydrogen) atoms. The first kappa shape index (κ1) is 24.2. The minimum atomic E-state index is -0.310. The van der Waals surface area contributed by atoms with Crippen LogP contribution in [-0.2, 0) is 9.59 Å². The van der Waals surface area contributed by atoms with E-state index in [1.54, 1.807) is 4.90 Å². The minimum absolute atomic E-state index is 0.000305. The summed E-state index contributed by atoms with van der Waals surface area (Å²) >= 11 is 1.39. The minimum Gasteiger partial charge on any atom is -0.289 e. The van der Waals surface area contributed by atoms with Gasteiger partial charge in [0.05, 0.1) is 17.2 Å². The van der Waals surface area contributed by atoms with Crippen LogP contribution < -0.4 is 4.90 Å². The molecule has 1 aromatic rings. The zero-order valence-electron chi connectivity index (χ0n) is 20.6. The van der Waals surface area contributed by atoms with E-state index in [0.717, 1.165) is 33.5 Å². The third-order valence-electron chi connectivity index (χ3n) is 5.57. The topological polar surface area (TPSA) is 62.1 Å². The van der Waals surface area contributed by atoms with Crippen molar-refractivity contribution in [2.24, 2.45) is 21.0 Å². The Balaban J connectivity index is 2.09. The average molecular weight is 452 g/mol. The van der Waals surface area contributed by atoms with Gasteiger partial charge in [-0.05, 0) is 54.9 Å². The van der Waals surface area contributed by atoms with Crippen LogP contribution in [0, 0.1) is 31.6 Å². The average Bonchev–Trinajstić information content (AvgIpc) is 2.98. The Kier molecular flexibility index (Phi) is 6.40. The van der Waals surface area contributed by atoms with Gasteiger partial charge in [-0.3, -0.25) is 14.5 Å². The summed E-state index contributed by atoms with van der Waals surface area (Å²) in [6.45, 7) is 18.3. The van der Waals surface area contributed by atoms with Gasteiger partial charge in [-0.1, -0.05) is 71.0 Å². The third kappa shape index (κ3) is 4.80. The normalized spacial score (nSPS) is 19.0. The molecular formula is C26H33N3O2S. The van der Waals surface area contributed by atoms with Crippen LogP contribution in [0.1, 0.15) is 58.2 Å². The van der Waals surface area contributed by atoms with Crippen molar-refractivity contribution in [3.63, 3.8) is 0 Å². The van der Waals surface area contributed by atoms with E-state index >= 15 is 0 Å². The molecular weight excluding hydrogens is 418 g/mol. The van der Waals surface area contributed by atoms with Gasteiger partial charge in [0, 0.05) is 11.1 Å². The van der Waals surface area contributed by atoms with E-state index in [-0.39, 0.29) is 22.5 Å². The number of nitrogens with zero attached hydrogens (tertiary/aromatic N) is 3. The second kappa shape index (κ2) is 8.47. The standard InChI is InChI=1S/C26H33N3O2S/c1-15-10-16(2)22(17(3)11-15)29-21(30)14-32-24(29)28-27-18-12-19(25(4,5)6)23(31)20(13-18)26(7,8)9/h10-13H,14H2,1-9H3/b28-24+. The predicted molar refractivity (Wildman–Crippen MR) is 136 cm³/mol. The molecule has 5 nitrogen and oxygen atoms in total. The molecule has 0 atom stereocenters. The van der Waals surface area contributed by atoms with Crippen molar-refractivity contribution >= 4 is 40.0 Å². The first-order valence-electron chi connectivity index (χ1n) is 10.9. The van der Waals surface area contributed by atoms with E-state index in [1.165, 1.54) is 11.8 Å². The van der Waals surface area contributed by atoms with E-state index in [4.69, 9.17) is 0 Å². The van der Waals surface area contributed by atoms with E-state index in [9.17, 15) is 9.59 Å². The molecule has 1 amide bonds.